The molecule has 3 N–H and O–H groups in total. The highest BCUT2D eigenvalue weighted by atomic mass is 16.2. The third-order valence-electron chi connectivity index (χ3n) is 2.65. The Morgan fingerprint density at radius 3 is 2.36 bits per heavy atom. The fourth-order valence-electron chi connectivity index (χ4n) is 2.37. The third-order valence-corrected chi connectivity index (χ3v) is 2.65. The number of rotatable bonds is 1. The van der Waals surface area contributed by atoms with Crippen molar-refractivity contribution in [3.8, 4) is 0 Å². The standard InChI is InChI=1S/C10H19N3O/c1-9(2)5-7(10(3,4)6-9)12-13-8(11)14/h5-6H2,1-4H3,(H3,11,13,14)/b12-7+. The zero-order valence-electron chi connectivity index (χ0n) is 9.35. The fraction of sp³-hybridized carbons (Fsp3) is 0.800. The Hall–Kier alpha value is -1.06. The summed E-state index contributed by atoms with van der Waals surface area (Å²) in [4.78, 5) is 10.5. The summed E-state index contributed by atoms with van der Waals surface area (Å²) in [6.45, 7) is 8.70. The lowest BCUT2D eigenvalue weighted by molar-refractivity contribution is 0.249. The Kier molecular flexibility index (Phi) is 2.56. The number of hydrogen-bond donors (Lipinski definition) is 2. The van der Waals surface area contributed by atoms with Gasteiger partial charge < -0.3 is 5.73 Å². The molecule has 4 heteroatoms. The number of amides is 2. The van der Waals surface area contributed by atoms with Crippen molar-refractivity contribution in [1.29, 1.82) is 0 Å². The van der Waals surface area contributed by atoms with Crippen molar-refractivity contribution < 1.29 is 4.79 Å². The zero-order valence-corrected chi connectivity index (χ0v) is 9.35. The molecule has 0 bridgehead atoms. The van der Waals surface area contributed by atoms with Gasteiger partial charge in [0.15, 0.2) is 0 Å². The number of carbonyl (C=O) groups is 1. The molecule has 0 saturated heterocycles. The van der Waals surface area contributed by atoms with Crippen molar-refractivity contribution in [2.45, 2.75) is 40.5 Å². The van der Waals surface area contributed by atoms with Crippen molar-refractivity contribution in [2.24, 2.45) is 21.7 Å². The van der Waals surface area contributed by atoms with E-state index in [1.54, 1.807) is 0 Å². The third kappa shape index (κ3) is 2.47. The number of nitrogens with zero attached hydrogens (tertiary/aromatic N) is 1. The second-order valence-electron chi connectivity index (χ2n) is 5.44. The van der Waals surface area contributed by atoms with Gasteiger partial charge >= 0.3 is 6.03 Å². The molecule has 0 aromatic rings. The Morgan fingerprint density at radius 1 is 1.43 bits per heavy atom. The van der Waals surface area contributed by atoms with Crippen LogP contribution in [-0.4, -0.2) is 11.7 Å². The van der Waals surface area contributed by atoms with E-state index < -0.39 is 6.03 Å². The lowest BCUT2D eigenvalue weighted by Gasteiger charge is -2.20. The Balaban J connectivity index is 2.80. The van der Waals surface area contributed by atoms with Crippen molar-refractivity contribution in [3.63, 3.8) is 0 Å². The number of carbonyl (C=O) groups excluding carboxylic acids is 1. The summed E-state index contributed by atoms with van der Waals surface area (Å²) < 4.78 is 0. The van der Waals surface area contributed by atoms with Crippen molar-refractivity contribution in [2.75, 3.05) is 0 Å². The summed E-state index contributed by atoms with van der Waals surface area (Å²) in [5, 5.41) is 4.06. The molecule has 1 aliphatic carbocycles. The number of nitrogens with one attached hydrogen (secondary N) is 1. The molecule has 1 saturated carbocycles. The van der Waals surface area contributed by atoms with E-state index in [1.807, 2.05) is 0 Å². The van der Waals surface area contributed by atoms with Crippen LogP contribution < -0.4 is 11.2 Å². The quantitative estimate of drug-likeness (QED) is 0.619. The molecule has 0 heterocycles. The summed E-state index contributed by atoms with van der Waals surface area (Å²) in [5.41, 5.74) is 8.63. The van der Waals surface area contributed by atoms with Crippen LogP contribution in [0.2, 0.25) is 0 Å². The molecule has 1 rings (SSSR count). The maximum absolute atomic E-state index is 10.5. The van der Waals surface area contributed by atoms with Gasteiger partial charge in [-0.15, -0.1) is 0 Å². The van der Waals surface area contributed by atoms with E-state index in [0.29, 0.717) is 0 Å². The minimum atomic E-state index is -0.599. The summed E-state index contributed by atoms with van der Waals surface area (Å²) in [6, 6.07) is -0.599. The van der Waals surface area contributed by atoms with Crippen molar-refractivity contribution >= 4 is 11.7 Å². The van der Waals surface area contributed by atoms with Gasteiger partial charge in [0.05, 0.1) is 0 Å². The Labute approximate surface area is 84.9 Å². The average molecular weight is 197 g/mol. The van der Waals surface area contributed by atoms with E-state index >= 15 is 0 Å². The molecule has 2 amide bonds. The van der Waals surface area contributed by atoms with Crippen LogP contribution in [0.4, 0.5) is 4.79 Å². The SMILES string of the molecule is CC1(C)C/C(=N\NC(N)=O)C(C)(C)C1. The van der Waals surface area contributed by atoms with E-state index in [9.17, 15) is 4.79 Å². The van der Waals surface area contributed by atoms with Gasteiger partial charge in [0.25, 0.3) is 0 Å². The van der Waals surface area contributed by atoms with Crippen LogP contribution in [0.1, 0.15) is 40.5 Å². The highest BCUT2D eigenvalue weighted by molar-refractivity contribution is 5.93. The first-order valence-corrected chi connectivity index (χ1v) is 4.85. The molecule has 0 aromatic heterocycles. The second kappa shape index (κ2) is 3.26. The van der Waals surface area contributed by atoms with Crippen LogP contribution in [-0.2, 0) is 0 Å². The van der Waals surface area contributed by atoms with E-state index in [0.717, 1.165) is 18.6 Å². The number of urea groups is 1. The molecule has 1 fully saturated rings. The van der Waals surface area contributed by atoms with Gasteiger partial charge in [-0.3, -0.25) is 0 Å². The van der Waals surface area contributed by atoms with Gasteiger partial charge in [-0.2, -0.15) is 5.10 Å². The molecule has 4 nitrogen and oxygen atoms in total. The van der Waals surface area contributed by atoms with Gasteiger partial charge in [-0.1, -0.05) is 27.7 Å². The predicted molar refractivity (Wildman–Crippen MR) is 57.0 cm³/mol. The molecule has 0 atom stereocenters. The monoisotopic (exact) mass is 197 g/mol. The number of hydrogen-bond acceptors (Lipinski definition) is 2. The Morgan fingerprint density at radius 2 is 2.00 bits per heavy atom. The molecule has 0 aromatic carbocycles. The predicted octanol–water partition coefficient (Wildman–Crippen LogP) is 1.86. The maximum Gasteiger partial charge on any atom is 0.332 e. The maximum atomic E-state index is 10.5. The lowest BCUT2D eigenvalue weighted by atomic mass is 9.84. The molecular weight excluding hydrogens is 178 g/mol. The molecule has 1 aliphatic rings. The summed E-state index contributed by atoms with van der Waals surface area (Å²) in [6.07, 6.45) is 2.00. The minimum Gasteiger partial charge on any atom is -0.350 e. The smallest absolute Gasteiger partial charge is 0.332 e. The summed E-state index contributed by atoms with van der Waals surface area (Å²) >= 11 is 0. The second-order valence-corrected chi connectivity index (χ2v) is 5.44. The average Bonchev–Trinajstić information content (AvgIpc) is 2.14. The van der Waals surface area contributed by atoms with Crippen molar-refractivity contribution in [3.05, 3.63) is 0 Å². The first-order chi connectivity index (χ1) is 6.23. The van der Waals surface area contributed by atoms with Crippen LogP contribution in [0.3, 0.4) is 0 Å². The normalized spacial score (nSPS) is 26.4. The van der Waals surface area contributed by atoms with Gasteiger partial charge in [-0.05, 0) is 18.3 Å². The van der Waals surface area contributed by atoms with E-state index in [2.05, 4.69) is 38.2 Å². The number of primary amides is 1. The summed E-state index contributed by atoms with van der Waals surface area (Å²) in [5.74, 6) is 0. The molecule has 0 spiro atoms. The van der Waals surface area contributed by atoms with Crippen LogP contribution in [0.25, 0.3) is 0 Å². The van der Waals surface area contributed by atoms with E-state index in [-0.39, 0.29) is 10.8 Å². The van der Waals surface area contributed by atoms with Crippen LogP contribution in [0, 0.1) is 10.8 Å². The highest BCUT2D eigenvalue weighted by Crippen LogP contribution is 2.46. The van der Waals surface area contributed by atoms with E-state index in [1.165, 1.54) is 0 Å². The number of hydrazone groups is 1. The zero-order chi connectivity index (χ0) is 11.0. The van der Waals surface area contributed by atoms with Gasteiger partial charge in [0, 0.05) is 11.1 Å². The minimum absolute atomic E-state index is 0.0615. The van der Waals surface area contributed by atoms with Gasteiger partial charge in [0.2, 0.25) is 0 Å². The fourth-order valence-corrected chi connectivity index (χ4v) is 2.37. The van der Waals surface area contributed by atoms with Crippen LogP contribution in [0.5, 0.6) is 0 Å². The summed E-state index contributed by atoms with van der Waals surface area (Å²) in [7, 11) is 0. The van der Waals surface area contributed by atoms with E-state index in [4.69, 9.17) is 5.73 Å². The molecular formula is C10H19N3O. The Bertz CT molecular complexity index is 279. The number of nitrogens with two attached hydrogens (primary N) is 1. The molecule has 80 valence electrons. The van der Waals surface area contributed by atoms with Crippen LogP contribution in [0.15, 0.2) is 5.10 Å². The first kappa shape index (κ1) is 11.0. The van der Waals surface area contributed by atoms with Crippen LogP contribution >= 0.6 is 0 Å². The molecule has 0 aliphatic heterocycles. The molecule has 14 heavy (non-hydrogen) atoms. The topological polar surface area (TPSA) is 67.5 Å². The first-order valence-electron chi connectivity index (χ1n) is 4.85. The lowest BCUT2D eigenvalue weighted by Crippen LogP contribution is -2.28. The largest absolute Gasteiger partial charge is 0.350 e. The highest BCUT2D eigenvalue weighted by Gasteiger charge is 2.42. The van der Waals surface area contributed by atoms with Gasteiger partial charge in [-0.25, -0.2) is 10.2 Å². The van der Waals surface area contributed by atoms with Crippen molar-refractivity contribution in [1.82, 2.24) is 5.43 Å². The molecule has 0 radical (unpaired) electrons. The van der Waals surface area contributed by atoms with Gasteiger partial charge in [0.1, 0.15) is 0 Å². The molecule has 0 unspecified atom stereocenters.